The predicted molar refractivity (Wildman–Crippen MR) is 126 cm³/mol. The molecule has 3 fully saturated rings. The molecule has 9 heteroatoms. The lowest BCUT2D eigenvalue weighted by Gasteiger charge is -2.26. The average molecular weight is 462 g/mol. The summed E-state index contributed by atoms with van der Waals surface area (Å²) in [6.45, 7) is 3.82. The first-order chi connectivity index (χ1) is 16.6. The van der Waals surface area contributed by atoms with E-state index in [-0.39, 0.29) is 30.4 Å². The number of morpholine rings is 1. The molecule has 3 aliphatic rings. The van der Waals surface area contributed by atoms with Crippen molar-refractivity contribution in [2.75, 3.05) is 31.2 Å². The number of hydrogen-bond donors (Lipinski definition) is 1. The van der Waals surface area contributed by atoms with Crippen LogP contribution in [0.3, 0.4) is 0 Å². The Bertz CT molecular complexity index is 1250. The minimum absolute atomic E-state index is 0.0336. The fourth-order valence-electron chi connectivity index (χ4n) is 4.72. The summed E-state index contributed by atoms with van der Waals surface area (Å²) in [5, 5.41) is 2.89. The van der Waals surface area contributed by atoms with E-state index in [0.717, 1.165) is 40.8 Å². The highest BCUT2D eigenvalue weighted by molar-refractivity contribution is 5.95. The molecule has 0 bridgehead atoms. The Balaban J connectivity index is 1.34. The fourth-order valence-corrected chi connectivity index (χ4v) is 4.72. The van der Waals surface area contributed by atoms with E-state index in [0.29, 0.717) is 38.0 Å². The molecule has 176 valence electrons. The zero-order valence-corrected chi connectivity index (χ0v) is 19.1. The van der Waals surface area contributed by atoms with Gasteiger partial charge in [-0.1, -0.05) is 12.1 Å². The van der Waals surface area contributed by atoms with Gasteiger partial charge in [0.05, 0.1) is 24.1 Å². The minimum atomic E-state index is -0.165. The third-order valence-corrected chi connectivity index (χ3v) is 6.89. The average Bonchev–Trinajstić information content (AvgIpc) is 3.45. The Morgan fingerprint density at radius 1 is 1.21 bits per heavy atom. The van der Waals surface area contributed by atoms with Gasteiger partial charge >= 0.3 is 0 Å². The molecule has 1 aromatic carbocycles. The van der Waals surface area contributed by atoms with E-state index < -0.39 is 0 Å². The van der Waals surface area contributed by atoms with Gasteiger partial charge in [-0.3, -0.25) is 9.59 Å². The first-order valence-corrected chi connectivity index (χ1v) is 11.9. The highest BCUT2D eigenvalue weighted by Crippen LogP contribution is 2.40. The van der Waals surface area contributed by atoms with Gasteiger partial charge in [0, 0.05) is 42.7 Å². The second-order valence-corrected chi connectivity index (χ2v) is 9.30. The standard InChI is InChI=1S/C25H27N5O4/c1-15(17-10-22(31)26-12-17)34-25-24-21(27-14-30(24)19-6-7-19)11-20(28-25)16-2-4-18(5-3-16)29-8-9-33-13-23(29)32/h2-5,11,14-15,17,19H,6-10,12-13H2,1H3,(H,26,31)/t15-,17-/m1/s1. The number of aromatic nitrogens is 3. The minimum Gasteiger partial charge on any atom is -0.473 e. The smallest absolute Gasteiger partial charge is 0.253 e. The van der Waals surface area contributed by atoms with Gasteiger partial charge in [0.2, 0.25) is 11.8 Å². The number of amides is 2. The monoisotopic (exact) mass is 461 g/mol. The molecule has 1 saturated carbocycles. The Hall–Kier alpha value is -3.46. The molecule has 0 unspecified atom stereocenters. The van der Waals surface area contributed by atoms with Crippen LogP contribution in [0.4, 0.5) is 5.69 Å². The molecule has 6 rings (SSSR count). The number of imidazole rings is 1. The van der Waals surface area contributed by atoms with Gasteiger partial charge in [-0.05, 0) is 38.0 Å². The lowest BCUT2D eigenvalue weighted by Crippen LogP contribution is -2.41. The van der Waals surface area contributed by atoms with Crippen molar-refractivity contribution in [1.29, 1.82) is 0 Å². The molecular formula is C25H27N5O4. The molecule has 4 heterocycles. The van der Waals surface area contributed by atoms with E-state index in [2.05, 4.69) is 14.9 Å². The van der Waals surface area contributed by atoms with Crippen molar-refractivity contribution in [3.05, 3.63) is 36.7 Å². The summed E-state index contributed by atoms with van der Waals surface area (Å²) in [4.78, 5) is 35.2. The van der Waals surface area contributed by atoms with Gasteiger partial charge in [0.25, 0.3) is 5.91 Å². The number of benzene rings is 1. The Kier molecular flexibility index (Phi) is 5.21. The highest BCUT2D eigenvalue weighted by Gasteiger charge is 2.31. The summed E-state index contributed by atoms with van der Waals surface area (Å²) in [5.74, 6) is 0.690. The molecule has 2 amide bonds. The number of anilines is 1. The van der Waals surface area contributed by atoms with Crippen molar-refractivity contribution in [3.8, 4) is 17.1 Å². The van der Waals surface area contributed by atoms with Crippen molar-refractivity contribution < 1.29 is 19.1 Å². The second-order valence-electron chi connectivity index (χ2n) is 9.30. The molecule has 0 spiro atoms. The summed E-state index contributed by atoms with van der Waals surface area (Å²) < 4.78 is 13.8. The number of pyridine rings is 1. The van der Waals surface area contributed by atoms with Crippen LogP contribution in [-0.4, -0.2) is 58.8 Å². The topological polar surface area (TPSA) is 98.6 Å². The maximum atomic E-state index is 12.2. The molecule has 2 aromatic heterocycles. The van der Waals surface area contributed by atoms with Crippen molar-refractivity contribution in [2.24, 2.45) is 5.92 Å². The third kappa shape index (κ3) is 3.90. The number of fused-ring (bicyclic) bond motifs is 1. The number of nitrogens with one attached hydrogen (secondary N) is 1. The van der Waals surface area contributed by atoms with Crippen LogP contribution in [0.2, 0.25) is 0 Å². The summed E-state index contributed by atoms with van der Waals surface area (Å²) in [7, 11) is 0. The molecule has 2 aliphatic heterocycles. The zero-order valence-electron chi connectivity index (χ0n) is 19.1. The van der Waals surface area contributed by atoms with Crippen LogP contribution in [0.1, 0.15) is 32.2 Å². The zero-order chi connectivity index (χ0) is 23.2. The van der Waals surface area contributed by atoms with Gasteiger partial charge in [-0.25, -0.2) is 9.97 Å². The Labute approximate surface area is 197 Å². The summed E-state index contributed by atoms with van der Waals surface area (Å²) in [6, 6.07) is 10.2. The highest BCUT2D eigenvalue weighted by atomic mass is 16.5. The predicted octanol–water partition coefficient (Wildman–Crippen LogP) is 2.70. The van der Waals surface area contributed by atoms with Crippen molar-refractivity contribution in [2.45, 2.75) is 38.3 Å². The van der Waals surface area contributed by atoms with Crippen LogP contribution in [-0.2, 0) is 14.3 Å². The van der Waals surface area contributed by atoms with Gasteiger partial charge in [-0.2, -0.15) is 0 Å². The number of hydrogen-bond acceptors (Lipinski definition) is 6. The van der Waals surface area contributed by atoms with Gasteiger partial charge in [-0.15, -0.1) is 0 Å². The molecule has 1 N–H and O–H groups in total. The lowest BCUT2D eigenvalue weighted by molar-refractivity contribution is -0.125. The summed E-state index contributed by atoms with van der Waals surface area (Å²) in [6.07, 6.45) is 4.44. The van der Waals surface area contributed by atoms with Crippen LogP contribution in [0.15, 0.2) is 36.7 Å². The summed E-state index contributed by atoms with van der Waals surface area (Å²) >= 11 is 0. The van der Waals surface area contributed by atoms with Crippen LogP contribution in [0.25, 0.3) is 22.3 Å². The lowest BCUT2D eigenvalue weighted by atomic mass is 10.0. The number of ether oxygens (including phenoxy) is 2. The van der Waals surface area contributed by atoms with Gasteiger partial charge in [0.15, 0.2) is 0 Å². The Morgan fingerprint density at radius 3 is 2.74 bits per heavy atom. The Morgan fingerprint density at radius 2 is 2.03 bits per heavy atom. The first kappa shape index (κ1) is 21.1. The maximum absolute atomic E-state index is 12.2. The molecule has 0 radical (unpaired) electrons. The van der Waals surface area contributed by atoms with E-state index in [1.165, 1.54) is 0 Å². The number of carbonyl (C=O) groups excluding carboxylic acids is 2. The van der Waals surface area contributed by atoms with Crippen LogP contribution < -0.4 is 15.0 Å². The number of rotatable bonds is 6. The largest absolute Gasteiger partial charge is 0.473 e. The van der Waals surface area contributed by atoms with Crippen LogP contribution >= 0.6 is 0 Å². The second kappa shape index (κ2) is 8.39. The van der Waals surface area contributed by atoms with Crippen LogP contribution in [0, 0.1) is 5.92 Å². The maximum Gasteiger partial charge on any atom is 0.253 e. The van der Waals surface area contributed by atoms with Gasteiger partial charge in [0.1, 0.15) is 18.2 Å². The molecule has 34 heavy (non-hydrogen) atoms. The molecule has 1 aliphatic carbocycles. The van der Waals surface area contributed by atoms with E-state index in [4.69, 9.17) is 14.5 Å². The quantitative estimate of drug-likeness (QED) is 0.606. The molecule has 3 aromatic rings. The van der Waals surface area contributed by atoms with Crippen molar-refractivity contribution in [3.63, 3.8) is 0 Å². The molecule has 9 nitrogen and oxygen atoms in total. The molecule has 2 saturated heterocycles. The SMILES string of the molecule is C[C@@H](Oc1nc(-c2ccc(N3CCOCC3=O)cc2)cc2ncn(C3CC3)c12)[C@H]1CNC(=O)C1. The first-order valence-electron chi connectivity index (χ1n) is 11.9. The van der Waals surface area contributed by atoms with Crippen LogP contribution in [0.5, 0.6) is 5.88 Å². The van der Waals surface area contributed by atoms with E-state index >= 15 is 0 Å². The number of carbonyl (C=O) groups is 2. The van der Waals surface area contributed by atoms with Crippen molar-refractivity contribution in [1.82, 2.24) is 19.9 Å². The number of nitrogens with zero attached hydrogens (tertiary/aromatic N) is 4. The van der Waals surface area contributed by atoms with Crippen molar-refractivity contribution >= 4 is 28.5 Å². The van der Waals surface area contributed by atoms with E-state index in [1.54, 1.807) is 4.90 Å². The normalized spacial score (nSPS) is 21.7. The van der Waals surface area contributed by atoms with E-state index in [9.17, 15) is 9.59 Å². The van der Waals surface area contributed by atoms with Gasteiger partial charge < -0.3 is 24.3 Å². The third-order valence-electron chi connectivity index (χ3n) is 6.89. The molecule has 2 atom stereocenters. The summed E-state index contributed by atoms with van der Waals surface area (Å²) in [5.41, 5.74) is 4.27. The van der Waals surface area contributed by atoms with E-state index in [1.807, 2.05) is 43.6 Å². The molecular weight excluding hydrogens is 434 g/mol. The fraction of sp³-hybridized carbons (Fsp3) is 0.440.